The van der Waals surface area contributed by atoms with Crippen molar-refractivity contribution >= 4 is 22.8 Å². The number of fused-ring (bicyclic) bond motifs is 1. The van der Waals surface area contributed by atoms with Gasteiger partial charge in [-0.15, -0.1) is 0 Å². The molecular weight excluding hydrogens is 314 g/mol. The Morgan fingerprint density at radius 2 is 1.91 bits per heavy atom. The van der Waals surface area contributed by atoms with E-state index in [2.05, 4.69) is 16.0 Å². The van der Waals surface area contributed by atoms with Crippen molar-refractivity contribution in [3.05, 3.63) is 26.7 Å². The summed E-state index contributed by atoms with van der Waals surface area (Å²) in [5, 5.41) is 9.41. The fourth-order valence-corrected chi connectivity index (χ4v) is 3.12. The summed E-state index contributed by atoms with van der Waals surface area (Å²) in [5.74, 6) is 0.688. The molecule has 2 rings (SSSR count). The lowest BCUT2D eigenvalue weighted by Crippen LogP contribution is -2.39. The van der Waals surface area contributed by atoms with Crippen molar-refractivity contribution in [1.29, 1.82) is 5.26 Å². The van der Waals surface area contributed by atoms with Gasteiger partial charge in [0.25, 0.3) is 5.56 Å². The standard InChI is InChI=1S/C15H19N5O2S/c1-8(2)7-20-12-11(14(21)19(5)15(20)22)13(18-10(4)17-12)23-9(3)6-16/h8-9H,7H2,1-5H3. The molecule has 0 aliphatic carbocycles. The highest BCUT2D eigenvalue weighted by atomic mass is 32.2. The molecule has 0 saturated heterocycles. The summed E-state index contributed by atoms with van der Waals surface area (Å²) in [7, 11) is 1.45. The van der Waals surface area contributed by atoms with Crippen LogP contribution in [-0.4, -0.2) is 24.4 Å². The third kappa shape index (κ3) is 3.29. The van der Waals surface area contributed by atoms with Crippen LogP contribution in [-0.2, 0) is 13.6 Å². The van der Waals surface area contributed by atoms with Crippen LogP contribution in [0.15, 0.2) is 14.6 Å². The second-order valence-corrected chi connectivity index (χ2v) is 7.14. The first kappa shape index (κ1) is 17.2. The summed E-state index contributed by atoms with van der Waals surface area (Å²) in [4.78, 5) is 33.6. The molecule has 1 unspecified atom stereocenters. The first-order valence-corrected chi connectivity index (χ1v) is 8.18. The van der Waals surface area contributed by atoms with Gasteiger partial charge in [0, 0.05) is 13.6 Å². The van der Waals surface area contributed by atoms with E-state index in [4.69, 9.17) is 5.26 Å². The Balaban J connectivity index is 2.91. The van der Waals surface area contributed by atoms with Crippen molar-refractivity contribution in [1.82, 2.24) is 19.1 Å². The van der Waals surface area contributed by atoms with E-state index in [0.29, 0.717) is 28.4 Å². The van der Waals surface area contributed by atoms with E-state index in [1.165, 1.54) is 23.4 Å². The molecular formula is C15H19N5O2S. The zero-order valence-electron chi connectivity index (χ0n) is 13.8. The van der Waals surface area contributed by atoms with Crippen molar-refractivity contribution in [2.45, 2.75) is 44.5 Å². The Morgan fingerprint density at radius 1 is 1.26 bits per heavy atom. The monoisotopic (exact) mass is 333 g/mol. The van der Waals surface area contributed by atoms with Gasteiger partial charge in [0.15, 0.2) is 5.65 Å². The van der Waals surface area contributed by atoms with E-state index < -0.39 is 11.2 Å². The van der Waals surface area contributed by atoms with Gasteiger partial charge < -0.3 is 0 Å². The van der Waals surface area contributed by atoms with Crippen LogP contribution in [0, 0.1) is 24.2 Å². The highest BCUT2D eigenvalue weighted by Gasteiger charge is 2.19. The molecule has 0 aromatic carbocycles. The van der Waals surface area contributed by atoms with Gasteiger partial charge >= 0.3 is 5.69 Å². The SMILES string of the molecule is Cc1nc(SC(C)C#N)c2c(=O)n(C)c(=O)n(CC(C)C)c2n1. The molecule has 0 radical (unpaired) electrons. The number of hydrogen-bond acceptors (Lipinski definition) is 6. The topological polar surface area (TPSA) is 93.6 Å². The van der Waals surface area contributed by atoms with Crippen LogP contribution >= 0.6 is 11.8 Å². The van der Waals surface area contributed by atoms with Crippen LogP contribution in [0.3, 0.4) is 0 Å². The molecule has 1 atom stereocenters. The molecule has 8 heteroatoms. The minimum atomic E-state index is -0.433. The molecule has 0 saturated carbocycles. The van der Waals surface area contributed by atoms with Crippen molar-refractivity contribution < 1.29 is 0 Å². The smallest absolute Gasteiger partial charge is 0.277 e. The predicted molar refractivity (Wildman–Crippen MR) is 89.5 cm³/mol. The highest BCUT2D eigenvalue weighted by Crippen LogP contribution is 2.26. The molecule has 0 bridgehead atoms. The zero-order chi connectivity index (χ0) is 17.3. The van der Waals surface area contributed by atoms with Crippen LogP contribution in [0.1, 0.15) is 26.6 Å². The number of rotatable bonds is 4. The van der Waals surface area contributed by atoms with Gasteiger partial charge in [0.2, 0.25) is 0 Å². The molecule has 2 aromatic heterocycles. The maximum absolute atomic E-state index is 12.6. The molecule has 0 N–H and O–H groups in total. The number of nitriles is 1. The van der Waals surface area contributed by atoms with Crippen molar-refractivity contribution in [2.24, 2.45) is 13.0 Å². The molecule has 7 nitrogen and oxygen atoms in total. The second-order valence-electron chi connectivity index (χ2n) is 5.81. The number of hydrogen-bond donors (Lipinski definition) is 0. The highest BCUT2D eigenvalue weighted by molar-refractivity contribution is 8.00. The van der Waals surface area contributed by atoms with Crippen LogP contribution in [0.25, 0.3) is 11.0 Å². The molecule has 2 heterocycles. The first-order chi connectivity index (χ1) is 10.8. The summed E-state index contributed by atoms with van der Waals surface area (Å²) >= 11 is 1.20. The number of thioether (sulfide) groups is 1. The predicted octanol–water partition coefficient (Wildman–Crippen LogP) is 1.46. The molecule has 0 aliphatic heterocycles. The minimum absolute atomic E-state index is 0.220. The maximum atomic E-state index is 12.6. The molecule has 0 spiro atoms. The van der Waals surface area contributed by atoms with Gasteiger partial charge in [-0.25, -0.2) is 14.8 Å². The third-order valence-electron chi connectivity index (χ3n) is 3.28. The van der Waals surface area contributed by atoms with Crippen LogP contribution in [0.5, 0.6) is 0 Å². The van der Waals surface area contributed by atoms with Gasteiger partial charge in [-0.3, -0.25) is 13.9 Å². The van der Waals surface area contributed by atoms with Crippen molar-refractivity contribution in [3.63, 3.8) is 0 Å². The van der Waals surface area contributed by atoms with E-state index >= 15 is 0 Å². The third-order valence-corrected chi connectivity index (χ3v) is 4.26. The quantitative estimate of drug-likeness (QED) is 0.621. The molecule has 0 aliphatic rings. The average Bonchev–Trinajstić information content (AvgIpc) is 2.48. The van der Waals surface area contributed by atoms with E-state index in [-0.39, 0.29) is 11.2 Å². The lowest BCUT2D eigenvalue weighted by molar-refractivity contribution is 0.498. The summed E-state index contributed by atoms with van der Waals surface area (Å²) in [6.45, 7) is 7.89. The average molecular weight is 333 g/mol. The molecule has 0 fully saturated rings. The van der Waals surface area contributed by atoms with Gasteiger partial charge in [-0.05, 0) is 19.8 Å². The fraction of sp³-hybridized carbons (Fsp3) is 0.533. The number of nitrogens with zero attached hydrogens (tertiary/aromatic N) is 5. The molecule has 2 aromatic rings. The van der Waals surface area contributed by atoms with Crippen molar-refractivity contribution in [2.75, 3.05) is 0 Å². The van der Waals surface area contributed by atoms with Crippen LogP contribution in [0.2, 0.25) is 0 Å². The Hall–Kier alpha value is -2.14. The lowest BCUT2D eigenvalue weighted by atomic mass is 10.2. The Morgan fingerprint density at radius 3 is 2.48 bits per heavy atom. The Labute approximate surface area is 138 Å². The van der Waals surface area contributed by atoms with Gasteiger partial charge in [-0.2, -0.15) is 5.26 Å². The van der Waals surface area contributed by atoms with E-state index in [1.54, 1.807) is 13.8 Å². The molecule has 23 heavy (non-hydrogen) atoms. The van der Waals surface area contributed by atoms with Gasteiger partial charge in [0.05, 0.1) is 11.3 Å². The van der Waals surface area contributed by atoms with Gasteiger partial charge in [0.1, 0.15) is 16.2 Å². The largest absolute Gasteiger partial charge is 0.332 e. The summed E-state index contributed by atoms with van der Waals surface area (Å²) in [6, 6.07) is 2.12. The normalized spacial score (nSPS) is 12.6. The summed E-state index contributed by atoms with van der Waals surface area (Å²) in [6.07, 6.45) is 0. The summed E-state index contributed by atoms with van der Waals surface area (Å²) < 4.78 is 2.59. The Kier molecular flexibility index (Phi) is 4.90. The molecule has 0 amide bonds. The van der Waals surface area contributed by atoms with E-state index in [9.17, 15) is 9.59 Å². The number of aromatic nitrogens is 4. The van der Waals surface area contributed by atoms with Gasteiger partial charge in [-0.1, -0.05) is 25.6 Å². The maximum Gasteiger partial charge on any atom is 0.332 e. The zero-order valence-corrected chi connectivity index (χ0v) is 14.6. The summed E-state index contributed by atoms with van der Waals surface area (Å²) in [5.41, 5.74) is -0.483. The van der Waals surface area contributed by atoms with Crippen LogP contribution in [0.4, 0.5) is 0 Å². The fourth-order valence-electron chi connectivity index (χ4n) is 2.25. The second kappa shape index (κ2) is 6.54. The van der Waals surface area contributed by atoms with E-state index in [0.717, 1.165) is 4.57 Å². The Bertz CT molecular complexity index is 907. The minimum Gasteiger partial charge on any atom is -0.277 e. The van der Waals surface area contributed by atoms with Crippen molar-refractivity contribution in [3.8, 4) is 6.07 Å². The van der Waals surface area contributed by atoms with Crippen LogP contribution < -0.4 is 11.2 Å². The molecule has 122 valence electrons. The van der Waals surface area contributed by atoms with E-state index in [1.807, 2.05) is 13.8 Å². The first-order valence-electron chi connectivity index (χ1n) is 7.30. The number of aryl methyl sites for hydroxylation is 1. The lowest BCUT2D eigenvalue weighted by Gasteiger charge is -2.15.